The fraction of sp³-hybridized carbons (Fsp3) is 0.889. The number of ether oxygens (including phenoxy) is 1. The van der Waals surface area contributed by atoms with Crippen LogP contribution in [0.2, 0.25) is 0 Å². The average molecular weight is 184 g/mol. The Morgan fingerprint density at radius 1 is 1.54 bits per heavy atom. The Kier molecular flexibility index (Phi) is 2.15. The monoisotopic (exact) mass is 184 g/mol. The number of alkyl carbamates (subject to hydrolysis) is 1. The highest BCUT2D eigenvalue weighted by atomic mass is 16.6. The van der Waals surface area contributed by atoms with Crippen molar-refractivity contribution in [3.8, 4) is 0 Å². The summed E-state index contributed by atoms with van der Waals surface area (Å²) in [5, 5.41) is 2.96. The van der Waals surface area contributed by atoms with E-state index in [-0.39, 0.29) is 11.6 Å². The number of nitrogens with one attached hydrogen (secondary N) is 1. The van der Waals surface area contributed by atoms with Crippen LogP contribution in [0, 0.1) is 0 Å². The number of hydrogen-bond donors (Lipinski definition) is 1. The molecule has 2 saturated heterocycles. The van der Waals surface area contributed by atoms with Crippen LogP contribution in [-0.2, 0) is 4.74 Å². The van der Waals surface area contributed by atoms with Crippen LogP contribution in [0.3, 0.4) is 0 Å². The molecule has 0 aliphatic carbocycles. The fourth-order valence-electron chi connectivity index (χ4n) is 2.32. The maximum atomic E-state index is 11.1. The number of cyclic esters (lactones) is 1. The minimum atomic E-state index is -0.249. The van der Waals surface area contributed by atoms with Gasteiger partial charge >= 0.3 is 6.09 Å². The molecule has 0 aromatic carbocycles. The second-order valence-electron chi connectivity index (χ2n) is 4.13. The summed E-state index contributed by atoms with van der Waals surface area (Å²) in [6.45, 7) is 2.67. The molecule has 0 aromatic rings. The van der Waals surface area contributed by atoms with Crippen molar-refractivity contribution in [1.29, 1.82) is 0 Å². The molecule has 13 heavy (non-hydrogen) atoms. The normalized spacial score (nSPS) is 35.6. The number of carbonyl (C=O) groups is 1. The summed E-state index contributed by atoms with van der Waals surface area (Å²) in [6, 6.07) is 0. The van der Waals surface area contributed by atoms with Gasteiger partial charge in [0.15, 0.2) is 0 Å². The highest BCUT2D eigenvalue weighted by Gasteiger charge is 2.38. The van der Waals surface area contributed by atoms with Crippen LogP contribution >= 0.6 is 0 Å². The number of amides is 1. The first-order valence-electron chi connectivity index (χ1n) is 4.84. The van der Waals surface area contributed by atoms with Gasteiger partial charge in [-0.15, -0.1) is 0 Å². The van der Waals surface area contributed by atoms with Crippen molar-refractivity contribution < 1.29 is 9.53 Å². The molecule has 0 radical (unpaired) electrons. The lowest BCUT2D eigenvalue weighted by Crippen LogP contribution is -2.60. The summed E-state index contributed by atoms with van der Waals surface area (Å²) >= 11 is 0. The maximum absolute atomic E-state index is 11.1. The third-order valence-electron chi connectivity index (χ3n) is 2.95. The Labute approximate surface area is 78.2 Å². The first-order valence-corrected chi connectivity index (χ1v) is 4.84. The van der Waals surface area contributed by atoms with E-state index in [1.807, 2.05) is 0 Å². The van der Waals surface area contributed by atoms with Gasteiger partial charge in [-0.1, -0.05) is 0 Å². The first kappa shape index (κ1) is 8.81. The van der Waals surface area contributed by atoms with Gasteiger partial charge in [0.05, 0.1) is 12.1 Å². The second kappa shape index (κ2) is 3.18. The molecule has 1 N–H and O–H groups in total. The summed E-state index contributed by atoms with van der Waals surface area (Å²) in [7, 11) is 2.10. The molecule has 4 nitrogen and oxygen atoms in total. The summed E-state index contributed by atoms with van der Waals surface area (Å²) in [5.74, 6) is 0. The van der Waals surface area contributed by atoms with Crippen molar-refractivity contribution >= 4 is 6.09 Å². The smallest absolute Gasteiger partial charge is 0.407 e. The van der Waals surface area contributed by atoms with Gasteiger partial charge in [0.25, 0.3) is 0 Å². The maximum Gasteiger partial charge on any atom is 0.407 e. The predicted octanol–water partition coefficient (Wildman–Crippen LogP) is 0.581. The van der Waals surface area contributed by atoms with E-state index in [1.165, 1.54) is 0 Å². The van der Waals surface area contributed by atoms with E-state index in [0.717, 1.165) is 32.4 Å². The molecule has 2 heterocycles. The van der Waals surface area contributed by atoms with Gasteiger partial charge in [0.1, 0.15) is 0 Å². The summed E-state index contributed by atoms with van der Waals surface area (Å²) in [6.07, 6.45) is 2.95. The Morgan fingerprint density at radius 2 is 2.38 bits per heavy atom. The molecule has 1 spiro atoms. The number of hydrogen-bond acceptors (Lipinski definition) is 3. The molecule has 1 unspecified atom stereocenters. The largest absolute Gasteiger partial charge is 0.449 e. The van der Waals surface area contributed by atoms with E-state index in [9.17, 15) is 4.79 Å². The van der Waals surface area contributed by atoms with Crippen molar-refractivity contribution in [2.45, 2.75) is 24.8 Å². The Hall–Kier alpha value is -0.770. The Morgan fingerprint density at radius 3 is 3.08 bits per heavy atom. The molecule has 0 aromatic heterocycles. The van der Waals surface area contributed by atoms with Gasteiger partial charge in [-0.05, 0) is 26.4 Å². The Bertz CT molecular complexity index is 216. The van der Waals surface area contributed by atoms with Gasteiger partial charge in [-0.3, -0.25) is 0 Å². The van der Waals surface area contributed by atoms with E-state index in [1.54, 1.807) is 0 Å². The van der Waals surface area contributed by atoms with Crippen LogP contribution in [0.4, 0.5) is 4.79 Å². The number of rotatable bonds is 0. The minimum absolute atomic E-state index is 0.00231. The van der Waals surface area contributed by atoms with Crippen LogP contribution in [0.15, 0.2) is 0 Å². The zero-order chi connectivity index (χ0) is 9.31. The minimum Gasteiger partial charge on any atom is -0.449 e. The zero-order valence-electron chi connectivity index (χ0n) is 8.01. The number of likely N-dealkylation sites (N-methyl/N-ethyl adjacent to an activating group) is 1. The summed E-state index contributed by atoms with van der Waals surface area (Å²) < 4.78 is 4.87. The molecule has 2 aliphatic heterocycles. The molecule has 4 heteroatoms. The summed E-state index contributed by atoms with van der Waals surface area (Å²) in [4.78, 5) is 13.4. The standard InChI is InChI=1S/C9H16N2O2/c1-11-5-2-3-9(7-11)4-6-13-8(12)10-9/h2-7H2,1H3,(H,10,12). The number of likely N-dealkylation sites (tertiary alicyclic amines) is 1. The quantitative estimate of drug-likeness (QED) is 0.598. The van der Waals surface area contributed by atoms with Crippen molar-refractivity contribution in [1.82, 2.24) is 10.2 Å². The van der Waals surface area contributed by atoms with Gasteiger partial charge in [0, 0.05) is 13.0 Å². The SMILES string of the molecule is CN1CCCC2(CCOC(=O)N2)C1. The van der Waals surface area contributed by atoms with Crippen molar-refractivity contribution in [2.24, 2.45) is 0 Å². The third kappa shape index (κ3) is 1.77. The highest BCUT2D eigenvalue weighted by molar-refractivity contribution is 5.69. The number of carbonyl (C=O) groups excluding carboxylic acids is 1. The summed E-state index contributed by atoms with van der Waals surface area (Å²) in [5.41, 5.74) is 0.00231. The molecule has 0 saturated carbocycles. The lowest BCUT2D eigenvalue weighted by atomic mass is 9.86. The molecule has 2 rings (SSSR count). The second-order valence-corrected chi connectivity index (χ2v) is 4.13. The predicted molar refractivity (Wildman–Crippen MR) is 48.6 cm³/mol. The van der Waals surface area contributed by atoms with Gasteiger partial charge in [-0.25, -0.2) is 4.79 Å². The molecular formula is C9H16N2O2. The van der Waals surface area contributed by atoms with E-state index >= 15 is 0 Å². The van der Waals surface area contributed by atoms with E-state index in [0.29, 0.717) is 6.61 Å². The van der Waals surface area contributed by atoms with Crippen LogP contribution in [0.5, 0.6) is 0 Å². The molecular weight excluding hydrogens is 168 g/mol. The van der Waals surface area contributed by atoms with Crippen molar-refractivity contribution in [3.63, 3.8) is 0 Å². The number of nitrogens with zero attached hydrogens (tertiary/aromatic N) is 1. The van der Waals surface area contributed by atoms with E-state index < -0.39 is 0 Å². The molecule has 1 amide bonds. The van der Waals surface area contributed by atoms with Crippen LogP contribution < -0.4 is 5.32 Å². The number of piperidine rings is 1. The van der Waals surface area contributed by atoms with Gasteiger partial charge in [-0.2, -0.15) is 0 Å². The highest BCUT2D eigenvalue weighted by Crippen LogP contribution is 2.26. The van der Waals surface area contributed by atoms with Crippen LogP contribution in [-0.4, -0.2) is 43.3 Å². The molecule has 0 bridgehead atoms. The van der Waals surface area contributed by atoms with E-state index in [4.69, 9.17) is 4.74 Å². The fourth-order valence-corrected chi connectivity index (χ4v) is 2.32. The average Bonchev–Trinajstić information content (AvgIpc) is 2.02. The zero-order valence-corrected chi connectivity index (χ0v) is 8.01. The third-order valence-corrected chi connectivity index (χ3v) is 2.95. The van der Waals surface area contributed by atoms with Crippen LogP contribution in [0.25, 0.3) is 0 Å². The van der Waals surface area contributed by atoms with Gasteiger partial charge in [0.2, 0.25) is 0 Å². The van der Waals surface area contributed by atoms with E-state index in [2.05, 4.69) is 17.3 Å². The van der Waals surface area contributed by atoms with Crippen LogP contribution in [0.1, 0.15) is 19.3 Å². The molecule has 2 aliphatic rings. The molecule has 74 valence electrons. The lowest BCUT2D eigenvalue weighted by molar-refractivity contribution is 0.0526. The van der Waals surface area contributed by atoms with Gasteiger partial charge < -0.3 is 15.0 Å². The van der Waals surface area contributed by atoms with Crippen molar-refractivity contribution in [3.05, 3.63) is 0 Å². The molecule has 1 atom stereocenters. The lowest BCUT2D eigenvalue weighted by Gasteiger charge is -2.43. The topological polar surface area (TPSA) is 41.6 Å². The Balaban J connectivity index is 2.04. The molecule has 2 fully saturated rings. The first-order chi connectivity index (χ1) is 6.20. The van der Waals surface area contributed by atoms with Crippen molar-refractivity contribution in [2.75, 3.05) is 26.7 Å².